The van der Waals surface area contributed by atoms with E-state index in [2.05, 4.69) is 4.98 Å². The molecule has 0 bridgehead atoms. The Morgan fingerprint density at radius 1 is 1.53 bits per heavy atom. The molecule has 1 aromatic rings. The van der Waals surface area contributed by atoms with E-state index in [-0.39, 0.29) is 13.1 Å². The fraction of sp³-hybridized carbons (Fsp3) is 0.400. The van der Waals surface area contributed by atoms with Crippen molar-refractivity contribution in [3.8, 4) is 0 Å². The standard InChI is InChI=1S/C10H10F2N2O/c11-9(12)8-4-14(5-8)10-7(6-15)2-1-3-13-10/h1-3,6,8-9H,4-5H2. The summed E-state index contributed by atoms with van der Waals surface area (Å²) in [5.41, 5.74) is 0.449. The highest BCUT2D eigenvalue weighted by Gasteiger charge is 2.35. The lowest BCUT2D eigenvalue weighted by Gasteiger charge is -2.40. The number of halogens is 2. The van der Waals surface area contributed by atoms with Crippen LogP contribution in [-0.4, -0.2) is 30.8 Å². The number of nitrogens with zero attached hydrogens (tertiary/aromatic N) is 2. The van der Waals surface area contributed by atoms with Gasteiger partial charge in [-0.2, -0.15) is 0 Å². The number of aldehydes is 1. The molecule has 0 amide bonds. The molecule has 0 saturated carbocycles. The molecule has 0 aliphatic carbocycles. The fourth-order valence-corrected chi connectivity index (χ4v) is 1.61. The molecule has 1 saturated heterocycles. The van der Waals surface area contributed by atoms with Gasteiger partial charge in [-0.3, -0.25) is 4.79 Å². The minimum atomic E-state index is -2.29. The van der Waals surface area contributed by atoms with E-state index in [0.717, 1.165) is 0 Å². The lowest BCUT2D eigenvalue weighted by Crippen LogP contribution is -2.50. The Bertz CT molecular complexity index is 364. The van der Waals surface area contributed by atoms with Crippen LogP contribution in [0.5, 0.6) is 0 Å². The SMILES string of the molecule is O=Cc1cccnc1N1CC(C(F)F)C1. The van der Waals surface area contributed by atoms with E-state index in [1.807, 2.05) is 0 Å². The molecule has 15 heavy (non-hydrogen) atoms. The number of carbonyl (C=O) groups excluding carboxylic acids is 1. The molecule has 80 valence electrons. The first-order chi connectivity index (χ1) is 7.22. The van der Waals surface area contributed by atoms with Gasteiger partial charge in [0.15, 0.2) is 6.29 Å². The molecular weight excluding hydrogens is 202 g/mol. The van der Waals surface area contributed by atoms with Gasteiger partial charge in [0.25, 0.3) is 0 Å². The highest BCUT2D eigenvalue weighted by atomic mass is 19.3. The number of alkyl halides is 2. The monoisotopic (exact) mass is 212 g/mol. The Labute approximate surface area is 85.7 Å². The van der Waals surface area contributed by atoms with Crippen LogP contribution in [-0.2, 0) is 0 Å². The Kier molecular flexibility index (Phi) is 2.62. The fourth-order valence-electron chi connectivity index (χ4n) is 1.61. The number of hydrogen-bond acceptors (Lipinski definition) is 3. The predicted molar refractivity (Wildman–Crippen MR) is 51.3 cm³/mol. The molecular formula is C10H10F2N2O. The second-order valence-electron chi connectivity index (χ2n) is 3.53. The highest BCUT2D eigenvalue weighted by molar-refractivity contribution is 5.82. The number of carbonyl (C=O) groups is 1. The summed E-state index contributed by atoms with van der Waals surface area (Å²) in [5.74, 6) is -0.0871. The molecule has 3 nitrogen and oxygen atoms in total. The van der Waals surface area contributed by atoms with Gasteiger partial charge in [-0.25, -0.2) is 13.8 Å². The second-order valence-corrected chi connectivity index (χ2v) is 3.53. The third kappa shape index (κ3) is 1.82. The van der Waals surface area contributed by atoms with Crippen LogP contribution in [0.3, 0.4) is 0 Å². The van der Waals surface area contributed by atoms with Gasteiger partial charge in [0.05, 0.1) is 11.5 Å². The van der Waals surface area contributed by atoms with E-state index in [1.165, 1.54) is 0 Å². The van der Waals surface area contributed by atoms with E-state index >= 15 is 0 Å². The second kappa shape index (κ2) is 3.92. The molecule has 0 aromatic carbocycles. The third-order valence-electron chi connectivity index (χ3n) is 2.51. The van der Waals surface area contributed by atoms with Crippen LogP contribution < -0.4 is 4.90 Å². The lowest BCUT2D eigenvalue weighted by molar-refractivity contribution is 0.0611. The van der Waals surface area contributed by atoms with Gasteiger partial charge in [-0.1, -0.05) is 0 Å². The van der Waals surface area contributed by atoms with Crippen LogP contribution in [0.1, 0.15) is 10.4 Å². The van der Waals surface area contributed by atoms with Gasteiger partial charge < -0.3 is 4.90 Å². The maximum atomic E-state index is 12.2. The quantitative estimate of drug-likeness (QED) is 0.713. The summed E-state index contributed by atoms with van der Waals surface area (Å²) in [5, 5.41) is 0. The zero-order valence-electron chi connectivity index (χ0n) is 7.94. The predicted octanol–water partition coefficient (Wildman–Crippen LogP) is 1.60. The number of pyridine rings is 1. The summed E-state index contributed by atoms with van der Waals surface area (Å²) >= 11 is 0. The highest BCUT2D eigenvalue weighted by Crippen LogP contribution is 2.28. The first-order valence-electron chi connectivity index (χ1n) is 4.65. The molecule has 0 N–H and O–H groups in total. The summed E-state index contributed by atoms with van der Waals surface area (Å²) in [6.07, 6.45) is -0.0413. The molecule has 1 aromatic heterocycles. The van der Waals surface area contributed by atoms with E-state index in [4.69, 9.17) is 0 Å². The van der Waals surface area contributed by atoms with Crippen LogP contribution in [0.4, 0.5) is 14.6 Å². The van der Waals surface area contributed by atoms with Crippen LogP contribution in [0, 0.1) is 5.92 Å². The number of anilines is 1. The van der Waals surface area contributed by atoms with Gasteiger partial charge in [0.2, 0.25) is 6.43 Å². The molecule has 0 atom stereocenters. The molecule has 2 heterocycles. The molecule has 1 fully saturated rings. The largest absolute Gasteiger partial charge is 0.355 e. The van der Waals surface area contributed by atoms with Crippen molar-refractivity contribution in [3.63, 3.8) is 0 Å². The molecule has 0 unspecified atom stereocenters. The minimum Gasteiger partial charge on any atom is -0.355 e. The smallest absolute Gasteiger partial charge is 0.244 e. The van der Waals surface area contributed by atoms with Crippen molar-refractivity contribution in [2.45, 2.75) is 6.43 Å². The van der Waals surface area contributed by atoms with Crippen LogP contribution in [0.2, 0.25) is 0 Å². The topological polar surface area (TPSA) is 33.2 Å². The van der Waals surface area contributed by atoms with Crippen molar-refractivity contribution < 1.29 is 13.6 Å². The van der Waals surface area contributed by atoms with E-state index < -0.39 is 12.3 Å². The van der Waals surface area contributed by atoms with Crippen molar-refractivity contribution in [1.29, 1.82) is 0 Å². The first-order valence-corrected chi connectivity index (χ1v) is 4.65. The van der Waals surface area contributed by atoms with Gasteiger partial charge in [-0.05, 0) is 12.1 Å². The van der Waals surface area contributed by atoms with Crippen molar-refractivity contribution in [2.24, 2.45) is 5.92 Å². The van der Waals surface area contributed by atoms with Crippen LogP contribution >= 0.6 is 0 Å². The zero-order chi connectivity index (χ0) is 10.8. The molecule has 2 rings (SSSR count). The average Bonchev–Trinajstić information content (AvgIpc) is 2.15. The van der Waals surface area contributed by atoms with Gasteiger partial charge >= 0.3 is 0 Å². The van der Waals surface area contributed by atoms with Crippen molar-refractivity contribution >= 4 is 12.1 Å². The van der Waals surface area contributed by atoms with Gasteiger partial charge in [0.1, 0.15) is 5.82 Å². The zero-order valence-corrected chi connectivity index (χ0v) is 7.94. The summed E-state index contributed by atoms with van der Waals surface area (Å²) in [6.45, 7) is 0.547. The first kappa shape index (κ1) is 10.0. The molecule has 0 radical (unpaired) electrons. The van der Waals surface area contributed by atoms with Gasteiger partial charge in [-0.15, -0.1) is 0 Å². The maximum Gasteiger partial charge on any atom is 0.244 e. The number of rotatable bonds is 3. The maximum absolute atomic E-state index is 12.2. The number of hydrogen-bond donors (Lipinski definition) is 0. The normalized spacial score (nSPS) is 16.6. The molecule has 1 aliphatic heterocycles. The summed E-state index contributed by atoms with van der Waals surface area (Å²) in [6, 6.07) is 3.28. The van der Waals surface area contributed by atoms with Crippen molar-refractivity contribution in [3.05, 3.63) is 23.9 Å². The molecule has 1 aliphatic rings. The molecule has 0 spiro atoms. The van der Waals surface area contributed by atoms with E-state index in [0.29, 0.717) is 17.7 Å². The van der Waals surface area contributed by atoms with Gasteiger partial charge in [0, 0.05) is 19.3 Å². The average molecular weight is 212 g/mol. The van der Waals surface area contributed by atoms with E-state index in [9.17, 15) is 13.6 Å². The Balaban J connectivity index is 2.09. The van der Waals surface area contributed by atoms with Crippen molar-refractivity contribution in [1.82, 2.24) is 4.98 Å². The third-order valence-corrected chi connectivity index (χ3v) is 2.51. The Morgan fingerprint density at radius 2 is 2.27 bits per heavy atom. The lowest BCUT2D eigenvalue weighted by atomic mass is 10.0. The summed E-state index contributed by atoms with van der Waals surface area (Å²) in [7, 11) is 0. The minimum absolute atomic E-state index is 0.273. The van der Waals surface area contributed by atoms with Crippen LogP contribution in [0.25, 0.3) is 0 Å². The Morgan fingerprint density at radius 3 is 2.87 bits per heavy atom. The summed E-state index contributed by atoms with van der Waals surface area (Å²) in [4.78, 5) is 16.4. The Hall–Kier alpha value is -1.52. The number of aromatic nitrogens is 1. The molecule has 5 heteroatoms. The van der Waals surface area contributed by atoms with Crippen molar-refractivity contribution in [2.75, 3.05) is 18.0 Å². The van der Waals surface area contributed by atoms with E-state index in [1.54, 1.807) is 23.2 Å². The summed E-state index contributed by atoms with van der Waals surface area (Å²) < 4.78 is 24.5. The van der Waals surface area contributed by atoms with Crippen LogP contribution in [0.15, 0.2) is 18.3 Å².